The van der Waals surface area contributed by atoms with E-state index in [4.69, 9.17) is 18.9 Å². The molecule has 3 rings (SSSR count). The first-order valence-corrected chi connectivity index (χ1v) is 22.0. The van der Waals surface area contributed by atoms with Gasteiger partial charge in [-0.3, -0.25) is 24.1 Å². The Hall–Kier alpha value is -4.24. The van der Waals surface area contributed by atoms with Crippen LogP contribution in [0.5, 0.6) is 0 Å². The molecule has 15 heteroatoms. The Morgan fingerprint density at radius 3 is 2.13 bits per heavy atom. The van der Waals surface area contributed by atoms with Crippen LogP contribution < -0.4 is 10.6 Å². The van der Waals surface area contributed by atoms with Crippen molar-refractivity contribution in [3.63, 3.8) is 0 Å². The minimum atomic E-state index is -1.22. The second-order valence-corrected chi connectivity index (χ2v) is 18.4. The van der Waals surface area contributed by atoms with Crippen LogP contribution in [-0.4, -0.2) is 139 Å². The van der Waals surface area contributed by atoms with Crippen molar-refractivity contribution in [3.8, 4) is 0 Å². The van der Waals surface area contributed by atoms with Gasteiger partial charge in [-0.25, -0.2) is 9.59 Å². The van der Waals surface area contributed by atoms with E-state index >= 15 is 0 Å². The van der Waals surface area contributed by atoms with Crippen molar-refractivity contribution < 1.29 is 47.7 Å². The summed E-state index contributed by atoms with van der Waals surface area (Å²) in [6.07, 6.45) is 2.14. The van der Waals surface area contributed by atoms with Gasteiger partial charge in [0.25, 0.3) is 0 Å². The fourth-order valence-corrected chi connectivity index (χ4v) is 8.79. The fraction of sp³-hybridized carbons (Fsp3) is 0.739. The lowest BCUT2D eigenvalue weighted by atomic mass is 9.86. The number of likely N-dealkylation sites (tertiary alicyclic amines) is 2. The lowest BCUT2D eigenvalue weighted by molar-refractivity contribution is -0.149. The van der Waals surface area contributed by atoms with Crippen molar-refractivity contribution in [1.29, 1.82) is 0 Å². The molecule has 0 radical (unpaired) electrons. The molecule has 0 saturated carbocycles. The van der Waals surface area contributed by atoms with Crippen LogP contribution in [0, 0.1) is 17.8 Å². The number of esters is 1. The summed E-state index contributed by atoms with van der Waals surface area (Å²) in [5.41, 5.74) is -1.10. The van der Waals surface area contributed by atoms with E-state index in [0.29, 0.717) is 38.8 Å². The highest BCUT2D eigenvalue weighted by atomic mass is 16.6. The Bertz CT molecular complexity index is 1640. The van der Waals surface area contributed by atoms with Gasteiger partial charge in [-0.1, -0.05) is 71.4 Å². The first-order valence-electron chi connectivity index (χ1n) is 22.0. The minimum Gasteiger partial charge on any atom is -0.467 e. The number of nitrogens with one attached hydrogen (secondary N) is 2. The van der Waals surface area contributed by atoms with Gasteiger partial charge in [0.05, 0.1) is 43.7 Å². The number of piperidine rings is 1. The van der Waals surface area contributed by atoms with Crippen LogP contribution in [0.3, 0.4) is 0 Å². The summed E-state index contributed by atoms with van der Waals surface area (Å²) in [6.45, 7) is 17.4. The molecule has 2 aliphatic heterocycles. The van der Waals surface area contributed by atoms with Gasteiger partial charge in [0.2, 0.25) is 23.6 Å². The third-order valence-corrected chi connectivity index (χ3v) is 12.6. The number of ether oxygens (including phenoxy) is 4. The lowest BCUT2D eigenvalue weighted by Gasteiger charge is -2.45. The molecule has 15 nitrogen and oxygen atoms in total. The zero-order chi connectivity index (χ0) is 45.8. The molecule has 0 aliphatic carbocycles. The Morgan fingerprint density at radius 1 is 0.918 bits per heavy atom. The number of methoxy groups -OCH3 is 3. The van der Waals surface area contributed by atoms with Crippen molar-refractivity contribution in [2.45, 2.75) is 161 Å². The second-order valence-electron chi connectivity index (χ2n) is 18.4. The summed E-state index contributed by atoms with van der Waals surface area (Å²) < 4.78 is 22.7. The van der Waals surface area contributed by atoms with Crippen LogP contribution in [0.25, 0.3) is 0 Å². The number of carbonyl (C=O) groups is 6. The number of amides is 5. The molecule has 0 bridgehead atoms. The summed E-state index contributed by atoms with van der Waals surface area (Å²) in [5.74, 6) is -3.05. The smallest absolute Gasteiger partial charge is 0.411 e. The Balaban J connectivity index is 1.81. The molecule has 2 saturated heterocycles. The van der Waals surface area contributed by atoms with Gasteiger partial charge >= 0.3 is 12.1 Å². The molecule has 2 N–H and O–H groups in total. The number of carbonyl (C=O) groups excluding carboxylic acids is 6. The summed E-state index contributed by atoms with van der Waals surface area (Å²) in [7, 11) is 6.01. The SMILES string of the molecule is CC[C@H](C)C(C(CC(=O)N1CCC[C@H]1C(OC)[C@@H](C)C(=O)NC(Cc1ccccc1)C(=O)OC)OC)N(C)C(=O)[C@@H](NC(=O)C1(C)CCCCN1C(=O)OC(C)(C)C)C(C)C. The summed E-state index contributed by atoms with van der Waals surface area (Å²) in [5, 5.41) is 5.88. The van der Waals surface area contributed by atoms with Gasteiger partial charge in [0.15, 0.2) is 0 Å². The van der Waals surface area contributed by atoms with Gasteiger partial charge in [-0.2, -0.15) is 0 Å². The first kappa shape index (κ1) is 51.1. The normalized spacial score (nSPS) is 21.6. The molecule has 1 aromatic rings. The molecule has 61 heavy (non-hydrogen) atoms. The average molecular weight is 858 g/mol. The van der Waals surface area contributed by atoms with E-state index in [1.54, 1.807) is 51.5 Å². The van der Waals surface area contributed by atoms with Crippen LogP contribution in [0.1, 0.15) is 113 Å². The van der Waals surface area contributed by atoms with Gasteiger partial charge in [0, 0.05) is 40.8 Å². The van der Waals surface area contributed by atoms with E-state index in [0.717, 1.165) is 18.4 Å². The highest BCUT2D eigenvalue weighted by Gasteiger charge is 2.48. The summed E-state index contributed by atoms with van der Waals surface area (Å²) >= 11 is 0. The van der Waals surface area contributed by atoms with Crippen molar-refractivity contribution in [1.82, 2.24) is 25.3 Å². The van der Waals surface area contributed by atoms with Crippen LogP contribution in [-0.2, 0) is 49.3 Å². The first-order chi connectivity index (χ1) is 28.6. The Labute approximate surface area is 364 Å². The van der Waals surface area contributed by atoms with Crippen LogP contribution in [0.2, 0.25) is 0 Å². The van der Waals surface area contributed by atoms with E-state index in [9.17, 15) is 28.8 Å². The highest BCUT2D eigenvalue weighted by Crippen LogP contribution is 2.32. The number of likely N-dealkylation sites (N-methyl/N-ethyl adjacent to an activating group) is 1. The molecule has 5 unspecified atom stereocenters. The van der Waals surface area contributed by atoms with Crippen molar-refractivity contribution >= 4 is 35.7 Å². The van der Waals surface area contributed by atoms with E-state index in [1.165, 1.54) is 26.2 Å². The Kier molecular flexibility index (Phi) is 19.0. The quantitative estimate of drug-likeness (QED) is 0.178. The predicted molar refractivity (Wildman–Crippen MR) is 232 cm³/mol. The maximum Gasteiger partial charge on any atom is 0.411 e. The van der Waals surface area contributed by atoms with Crippen LogP contribution >= 0.6 is 0 Å². The summed E-state index contributed by atoms with van der Waals surface area (Å²) in [4.78, 5) is 87.7. The number of hydrogen-bond acceptors (Lipinski definition) is 10. The van der Waals surface area contributed by atoms with Gasteiger partial charge < -0.3 is 39.4 Å². The van der Waals surface area contributed by atoms with E-state index in [-0.39, 0.29) is 36.5 Å². The number of hydrogen-bond donors (Lipinski definition) is 2. The molecule has 344 valence electrons. The third-order valence-electron chi connectivity index (χ3n) is 12.6. The number of nitrogens with zero attached hydrogens (tertiary/aromatic N) is 3. The molecule has 1 aromatic carbocycles. The van der Waals surface area contributed by atoms with Gasteiger partial charge in [-0.05, 0) is 77.2 Å². The molecule has 2 fully saturated rings. The van der Waals surface area contributed by atoms with Crippen LogP contribution in [0.4, 0.5) is 4.79 Å². The van der Waals surface area contributed by atoms with E-state index in [2.05, 4.69) is 10.6 Å². The molecular weight excluding hydrogens is 783 g/mol. The Morgan fingerprint density at radius 2 is 1.57 bits per heavy atom. The van der Waals surface area contributed by atoms with E-state index < -0.39 is 77.3 Å². The third kappa shape index (κ3) is 13.1. The molecule has 2 aliphatic rings. The zero-order valence-corrected chi connectivity index (χ0v) is 39.1. The monoisotopic (exact) mass is 858 g/mol. The highest BCUT2D eigenvalue weighted by molar-refractivity contribution is 5.94. The fourth-order valence-electron chi connectivity index (χ4n) is 8.79. The van der Waals surface area contributed by atoms with Crippen LogP contribution in [0.15, 0.2) is 30.3 Å². The number of rotatable bonds is 19. The maximum atomic E-state index is 14.6. The molecular formula is C46H75N5O10. The summed E-state index contributed by atoms with van der Waals surface area (Å²) in [6, 6.07) is 6.54. The molecule has 9 atom stereocenters. The lowest BCUT2D eigenvalue weighted by Crippen LogP contribution is -2.65. The minimum absolute atomic E-state index is 0.0419. The molecule has 5 amide bonds. The average Bonchev–Trinajstić information content (AvgIpc) is 3.71. The standard InChI is InChI=1S/C46H75N5O10/c1-14-30(4)38(49(10)41(54)37(29(2)3)48-43(56)46(9)24-18-19-26-51(46)44(57)61-45(6,7)8)35(58-11)28-36(52)50-25-20-23-34(50)39(59-12)31(5)40(53)47-33(42(55)60-13)27-32-21-16-15-17-22-32/h15-17,21-22,29-31,33-35,37-39H,14,18-20,23-28H2,1-13H3,(H,47,53)(H,48,56)/t30-,31+,33?,34-,35?,37-,38?,39?,46?/m0/s1. The maximum absolute atomic E-state index is 14.6. The van der Waals surface area contributed by atoms with Gasteiger partial charge in [0.1, 0.15) is 23.2 Å². The predicted octanol–water partition coefficient (Wildman–Crippen LogP) is 5.13. The topological polar surface area (TPSA) is 173 Å². The molecule has 0 aromatic heterocycles. The zero-order valence-electron chi connectivity index (χ0n) is 39.1. The van der Waals surface area contributed by atoms with Crippen molar-refractivity contribution in [2.75, 3.05) is 41.5 Å². The van der Waals surface area contributed by atoms with E-state index in [1.807, 2.05) is 58.0 Å². The largest absolute Gasteiger partial charge is 0.467 e. The van der Waals surface area contributed by atoms with Gasteiger partial charge in [-0.15, -0.1) is 0 Å². The van der Waals surface area contributed by atoms with Crippen molar-refractivity contribution in [2.24, 2.45) is 17.8 Å². The number of benzene rings is 1. The molecule has 0 spiro atoms. The molecule has 2 heterocycles. The second kappa shape index (κ2) is 22.7. The van der Waals surface area contributed by atoms with Crippen molar-refractivity contribution in [3.05, 3.63) is 35.9 Å².